The number of ketones is 1. The van der Waals surface area contributed by atoms with Crippen molar-refractivity contribution in [1.82, 2.24) is 5.32 Å². The predicted molar refractivity (Wildman–Crippen MR) is 61.1 cm³/mol. The fourth-order valence-electron chi connectivity index (χ4n) is 1.16. The van der Waals surface area contributed by atoms with E-state index >= 15 is 0 Å². The van der Waals surface area contributed by atoms with Gasteiger partial charge in [-0.2, -0.15) is 0 Å². The molecular formula is C12H17NO3. The van der Waals surface area contributed by atoms with Gasteiger partial charge >= 0.3 is 0 Å². The summed E-state index contributed by atoms with van der Waals surface area (Å²) >= 11 is 0. The Hall–Kier alpha value is -1.76. The van der Waals surface area contributed by atoms with Crippen LogP contribution in [0.3, 0.4) is 0 Å². The molecule has 0 aliphatic carbocycles. The number of nitrogens with one attached hydrogen (secondary N) is 1. The van der Waals surface area contributed by atoms with E-state index in [1.807, 2.05) is 26.7 Å². The second kappa shape index (κ2) is 5.36. The maximum Gasteiger partial charge on any atom is 0.299 e. The summed E-state index contributed by atoms with van der Waals surface area (Å²) < 4.78 is 4.99. The molecule has 0 saturated carbocycles. The molecule has 0 aromatic rings. The Labute approximate surface area is 96.0 Å². The van der Waals surface area contributed by atoms with Gasteiger partial charge in [0.1, 0.15) is 0 Å². The van der Waals surface area contributed by atoms with Crippen molar-refractivity contribution in [3.63, 3.8) is 0 Å². The molecule has 0 atom stereocenters. The molecule has 0 saturated heterocycles. The van der Waals surface area contributed by atoms with Crippen LogP contribution in [-0.4, -0.2) is 18.8 Å². The molecular weight excluding hydrogens is 206 g/mol. The molecule has 0 spiro atoms. The summed E-state index contributed by atoms with van der Waals surface area (Å²) in [6, 6.07) is 0. The van der Waals surface area contributed by atoms with Crippen LogP contribution < -0.4 is 5.32 Å². The minimum Gasteiger partial charge on any atom is -0.491 e. The highest BCUT2D eigenvalue weighted by molar-refractivity contribution is 5.97. The molecule has 0 aromatic heterocycles. The second-order valence-corrected chi connectivity index (χ2v) is 4.31. The van der Waals surface area contributed by atoms with Crippen molar-refractivity contribution >= 4 is 11.7 Å². The molecule has 0 aromatic carbocycles. The summed E-state index contributed by atoms with van der Waals surface area (Å²) in [6.45, 7) is 6.91. The number of carbonyl (C=O) groups excluding carboxylic acids is 2. The summed E-state index contributed by atoms with van der Waals surface area (Å²) in [5, 5.41) is 2.50. The van der Waals surface area contributed by atoms with Crippen LogP contribution in [0.2, 0.25) is 0 Å². The van der Waals surface area contributed by atoms with Crippen molar-refractivity contribution in [2.24, 2.45) is 5.41 Å². The highest BCUT2D eigenvalue weighted by Gasteiger charge is 2.25. The number of methoxy groups -OCH3 is 1. The summed E-state index contributed by atoms with van der Waals surface area (Å²) in [4.78, 5) is 22.5. The average Bonchev–Trinajstić information content (AvgIpc) is 2.15. The minimum atomic E-state index is -0.597. The lowest BCUT2D eigenvalue weighted by Gasteiger charge is -2.24. The van der Waals surface area contributed by atoms with E-state index in [9.17, 15) is 9.59 Å². The molecule has 0 radical (unpaired) electrons. The van der Waals surface area contributed by atoms with Crippen molar-refractivity contribution in [3.05, 3.63) is 11.5 Å². The highest BCUT2D eigenvalue weighted by Crippen LogP contribution is 2.26. The number of rotatable bonds is 3. The Balaban J connectivity index is 5.49. The second-order valence-electron chi connectivity index (χ2n) is 4.31. The van der Waals surface area contributed by atoms with Crippen molar-refractivity contribution in [3.8, 4) is 12.3 Å². The topological polar surface area (TPSA) is 55.4 Å². The number of hydrogen-bond acceptors (Lipinski definition) is 3. The lowest BCUT2D eigenvalue weighted by Crippen LogP contribution is -2.32. The Morgan fingerprint density at radius 2 is 1.81 bits per heavy atom. The molecule has 0 aliphatic heterocycles. The first-order chi connectivity index (χ1) is 7.23. The first-order valence-corrected chi connectivity index (χ1v) is 4.81. The van der Waals surface area contributed by atoms with Crippen LogP contribution in [0.15, 0.2) is 11.5 Å². The van der Waals surface area contributed by atoms with Gasteiger partial charge in [-0.1, -0.05) is 20.8 Å². The molecule has 1 N–H and O–H groups in total. The molecule has 0 aliphatic rings. The number of Topliss-reactive ketones (excluding diaryl/α,β-unsaturated/α-hetero) is 1. The smallest absolute Gasteiger partial charge is 0.299 e. The Bertz CT molecular complexity index is 367. The van der Waals surface area contributed by atoms with Crippen molar-refractivity contribution < 1.29 is 14.3 Å². The van der Waals surface area contributed by atoms with E-state index in [4.69, 9.17) is 11.2 Å². The van der Waals surface area contributed by atoms with Crippen LogP contribution in [-0.2, 0) is 14.3 Å². The summed E-state index contributed by atoms with van der Waals surface area (Å²) in [6.07, 6.45) is 4.97. The number of amides is 1. The number of ether oxygens (including phenoxy) is 1. The van der Waals surface area contributed by atoms with E-state index in [1.165, 1.54) is 14.0 Å². The zero-order valence-electron chi connectivity index (χ0n) is 10.3. The molecule has 4 heteroatoms. The Morgan fingerprint density at radius 3 is 2.06 bits per heavy atom. The van der Waals surface area contributed by atoms with E-state index in [-0.39, 0.29) is 11.5 Å². The largest absolute Gasteiger partial charge is 0.491 e. The average molecular weight is 223 g/mol. The third-order valence-corrected chi connectivity index (χ3v) is 1.87. The summed E-state index contributed by atoms with van der Waals surface area (Å²) in [5.41, 5.74) is -0.0470. The Morgan fingerprint density at radius 1 is 1.31 bits per heavy atom. The quantitative estimate of drug-likeness (QED) is 0.445. The maximum absolute atomic E-state index is 11.3. The normalized spacial score (nSPS) is 12.2. The van der Waals surface area contributed by atoms with Gasteiger partial charge in [-0.15, -0.1) is 6.42 Å². The molecule has 0 rings (SSSR count). The predicted octanol–water partition coefficient (Wildman–Crippen LogP) is 1.23. The Kier molecular flexibility index (Phi) is 4.77. The molecule has 0 bridgehead atoms. The van der Waals surface area contributed by atoms with Crippen LogP contribution >= 0.6 is 0 Å². The molecule has 16 heavy (non-hydrogen) atoms. The number of carbonyl (C=O) groups is 2. The van der Waals surface area contributed by atoms with Crippen LogP contribution in [0.25, 0.3) is 0 Å². The van der Waals surface area contributed by atoms with Crippen molar-refractivity contribution in [2.75, 3.05) is 7.11 Å². The molecule has 0 fully saturated rings. The van der Waals surface area contributed by atoms with Crippen molar-refractivity contribution in [2.45, 2.75) is 27.7 Å². The summed E-state index contributed by atoms with van der Waals surface area (Å²) in [7, 11) is 1.38. The van der Waals surface area contributed by atoms with Gasteiger partial charge in [0, 0.05) is 12.3 Å². The van der Waals surface area contributed by atoms with E-state index in [2.05, 4.69) is 5.32 Å². The molecule has 0 heterocycles. The first kappa shape index (κ1) is 14.2. The van der Waals surface area contributed by atoms with Crippen LogP contribution in [0.4, 0.5) is 0 Å². The van der Waals surface area contributed by atoms with Gasteiger partial charge in [0.25, 0.3) is 5.91 Å². The maximum atomic E-state index is 11.3. The molecule has 1 amide bonds. The SMILES string of the molecule is C#CC(=O)N/C(=C(/OC)C(C)=O)C(C)(C)C. The van der Waals surface area contributed by atoms with E-state index in [0.717, 1.165) is 0 Å². The van der Waals surface area contributed by atoms with E-state index in [0.29, 0.717) is 5.70 Å². The van der Waals surface area contributed by atoms with E-state index < -0.39 is 11.3 Å². The van der Waals surface area contributed by atoms with Gasteiger partial charge in [0.15, 0.2) is 11.5 Å². The lowest BCUT2D eigenvalue weighted by molar-refractivity contribution is -0.116. The van der Waals surface area contributed by atoms with Crippen molar-refractivity contribution in [1.29, 1.82) is 0 Å². The van der Waals surface area contributed by atoms with Gasteiger partial charge in [-0.3, -0.25) is 9.59 Å². The standard InChI is InChI=1S/C12H17NO3/c1-7-9(15)13-11(12(3,4)5)10(16-6)8(2)14/h1H,2-6H3,(H,13,15)/b11-10+. The fraction of sp³-hybridized carbons (Fsp3) is 0.500. The van der Waals surface area contributed by atoms with Gasteiger partial charge in [0.2, 0.25) is 0 Å². The minimum absolute atomic E-state index is 0.121. The summed E-state index contributed by atoms with van der Waals surface area (Å²) in [5.74, 6) is 1.20. The van der Waals surface area contributed by atoms with Crippen LogP contribution in [0.5, 0.6) is 0 Å². The number of allylic oxidation sites excluding steroid dienone is 2. The monoisotopic (exact) mass is 223 g/mol. The van der Waals surface area contributed by atoms with Crippen LogP contribution in [0, 0.1) is 17.8 Å². The van der Waals surface area contributed by atoms with Gasteiger partial charge in [-0.25, -0.2) is 0 Å². The van der Waals surface area contributed by atoms with Gasteiger partial charge in [0.05, 0.1) is 12.8 Å². The first-order valence-electron chi connectivity index (χ1n) is 4.81. The zero-order chi connectivity index (χ0) is 12.9. The molecule has 4 nitrogen and oxygen atoms in total. The number of terminal acetylenes is 1. The zero-order valence-corrected chi connectivity index (χ0v) is 10.3. The highest BCUT2D eigenvalue weighted by atomic mass is 16.5. The van der Waals surface area contributed by atoms with Crippen LogP contribution in [0.1, 0.15) is 27.7 Å². The fourth-order valence-corrected chi connectivity index (χ4v) is 1.16. The lowest BCUT2D eigenvalue weighted by atomic mass is 9.90. The van der Waals surface area contributed by atoms with E-state index in [1.54, 1.807) is 0 Å². The number of hydrogen-bond donors (Lipinski definition) is 1. The van der Waals surface area contributed by atoms with Gasteiger partial charge in [-0.05, 0) is 5.92 Å². The molecule has 88 valence electrons. The third-order valence-electron chi connectivity index (χ3n) is 1.87. The van der Waals surface area contributed by atoms with Gasteiger partial charge < -0.3 is 10.1 Å². The molecule has 0 unspecified atom stereocenters. The third kappa shape index (κ3) is 3.77.